The van der Waals surface area contributed by atoms with E-state index in [9.17, 15) is 4.79 Å². The Hall–Kier alpha value is -1.35. The molecule has 0 aromatic heterocycles. The highest BCUT2D eigenvalue weighted by Gasteiger charge is 2.38. The molecule has 122 valence electrons. The van der Waals surface area contributed by atoms with Crippen LogP contribution in [0, 0.1) is 5.92 Å². The molecule has 0 N–H and O–H groups in total. The average molecular weight is 303 g/mol. The van der Waals surface area contributed by atoms with Crippen LogP contribution in [0.15, 0.2) is 30.3 Å². The number of carbonyl (C=O) groups excluding carboxylic acids is 1. The first-order chi connectivity index (χ1) is 10.7. The Bertz CT molecular complexity index is 460. The number of carbonyl (C=O) groups is 1. The molecule has 3 atom stereocenters. The van der Waals surface area contributed by atoms with Gasteiger partial charge in [-0.2, -0.15) is 0 Å². The topological polar surface area (TPSA) is 29.5 Å². The standard InChI is InChI=1S/C19H29NO2/c1-4-10-17(19(21)22-5-2)18-13-9-14-20(18)15(3)16-11-7-6-8-12-16/h6-8,11-12,15,17-18H,4-5,9-10,13-14H2,1-3H3/t15-,17-,18+/m0/s1. The van der Waals surface area contributed by atoms with Gasteiger partial charge in [0.25, 0.3) is 0 Å². The van der Waals surface area contributed by atoms with E-state index in [4.69, 9.17) is 4.74 Å². The number of hydrogen-bond donors (Lipinski definition) is 0. The predicted octanol–water partition coefficient (Wildman–Crippen LogP) is 4.19. The van der Waals surface area contributed by atoms with Gasteiger partial charge in [0.15, 0.2) is 0 Å². The Kier molecular flexibility index (Phi) is 6.44. The van der Waals surface area contributed by atoms with E-state index in [2.05, 4.69) is 49.1 Å². The summed E-state index contributed by atoms with van der Waals surface area (Å²) < 4.78 is 5.34. The van der Waals surface area contributed by atoms with E-state index in [1.807, 2.05) is 6.92 Å². The number of likely N-dealkylation sites (tertiary alicyclic amines) is 1. The molecule has 1 aliphatic heterocycles. The van der Waals surface area contributed by atoms with E-state index in [1.165, 1.54) is 12.0 Å². The maximum Gasteiger partial charge on any atom is 0.310 e. The second kappa shape index (κ2) is 8.33. The summed E-state index contributed by atoms with van der Waals surface area (Å²) in [6.07, 6.45) is 4.21. The van der Waals surface area contributed by atoms with Gasteiger partial charge in [0.1, 0.15) is 0 Å². The van der Waals surface area contributed by atoms with Gasteiger partial charge in [0.05, 0.1) is 12.5 Å². The summed E-state index contributed by atoms with van der Waals surface area (Å²) in [4.78, 5) is 14.9. The van der Waals surface area contributed by atoms with Crippen molar-refractivity contribution in [3.63, 3.8) is 0 Å². The number of rotatable bonds is 7. The van der Waals surface area contributed by atoms with Crippen molar-refractivity contribution < 1.29 is 9.53 Å². The molecule has 3 heteroatoms. The lowest BCUT2D eigenvalue weighted by Gasteiger charge is -2.35. The normalized spacial score (nSPS) is 21.5. The maximum absolute atomic E-state index is 12.4. The van der Waals surface area contributed by atoms with Crippen molar-refractivity contribution in [2.45, 2.75) is 58.5 Å². The van der Waals surface area contributed by atoms with Gasteiger partial charge >= 0.3 is 5.97 Å². The van der Waals surface area contributed by atoms with Gasteiger partial charge in [-0.15, -0.1) is 0 Å². The Morgan fingerprint density at radius 3 is 2.68 bits per heavy atom. The van der Waals surface area contributed by atoms with Crippen LogP contribution in [-0.4, -0.2) is 30.1 Å². The zero-order valence-corrected chi connectivity index (χ0v) is 14.1. The van der Waals surface area contributed by atoms with Gasteiger partial charge in [0.2, 0.25) is 0 Å². The second-order valence-corrected chi connectivity index (χ2v) is 6.18. The summed E-state index contributed by atoms with van der Waals surface area (Å²) in [5.41, 5.74) is 1.33. The van der Waals surface area contributed by atoms with E-state index in [-0.39, 0.29) is 11.9 Å². The number of hydrogen-bond acceptors (Lipinski definition) is 3. The fourth-order valence-corrected chi connectivity index (χ4v) is 3.68. The van der Waals surface area contributed by atoms with Crippen LogP contribution in [0.25, 0.3) is 0 Å². The van der Waals surface area contributed by atoms with Crippen LogP contribution in [0.3, 0.4) is 0 Å². The summed E-state index contributed by atoms with van der Waals surface area (Å²) in [6.45, 7) is 7.83. The first kappa shape index (κ1) is 17.0. The third-order valence-electron chi connectivity index (χ3n) is 4.78. The quantitative estimate of drug-likeness (QED) is 0.707. The molecule has 1 fully saturated rings. The monoisotopic (exact) mass is 303 g/mol. The largest absolute Gasteiger partial charge is 0.466 e. The van der Waals surface area contributed by atoms with Crippen molar-refractivity contribution in [1.29, 1.82) is 0 Å². The van der Waals surface area contributed by atoms with Crippen molar-refractivity contribution in [2.24, 2.45) is 5.92 Å². The summed E-state index contributed by atoms with van der Waals surface area (Å²) in [5.74, 6) is 0.000115. The van der Waals surface area contributed by atoms with Crippen molar-refractivity contribution >= 4 is 5.97 Å². The molecule has 0 amide bonds. The molecule has 1 aromatic rings. The van der Waals surface area contributed by atoms with Crippen LogP contribution in [0.2, 0.25) is 0 Å². The fraction of sp³-hybridized carbons (Fsp3) is 0.632. The Balaban J connectivity index is 2.15. The summed E-state index contributed by atoms with van der Waals surface area (Å²) in [5, 5.41) is 0. The Morgan fingerprint density at radius 1 is 1.32 bits per heavy atom. The summed E-state index contributed by atoms with van der Waals surface area (Å²) in [6, 6.07) is 11.3. The lowest BCUT2D eigenvalue weighted by atomic mass is 9.91. The first-order valence-electron chi connectivity index (χ1n) is 8.66. The Labute approximate surface area is 134 Å². The number of nitrogens with zero attached hydrogens (tertiary/aromatic N) is 1. The van der Waals surface area contributed by atoms with Crippen LogP contribution in [0.5, 0.6) is 0 Å². The van der Waals surface area contributed by atoms with Gasteiger partial charge in [-0.1, -0.05) is 43.7 Å². The minimum atomic E-state index is -0.0125. The molecule has 0 unspecified atom stereocenters. The molecule has 0 bridgehead atoms. The zero-order valence-electron chi connectivity index (χ0n) is 14.1. The number of benzene rings is 1. The van der Waals surface area contributed by atoms with Crippen molar-refractivity contribution in [3.8, 4) is 0 Å². The molecular weight excluding hydrogens is 274 g/mol. The fourth-order valence-electron chi connectivity index (χ4n) is 3.68. The van der Waals surface area contributed by atoms with Crippen LogP contribution >= 0.6 is 0 Å². The average Bonchev–Trinajstić information content (AvgIpc) is 3.02. The van der Waals surface area contributed by atoms with E-state index in [0.717, 1.165) is 25.8 Å². The van der Waals surface area contributed by atoms with Crippen LogP contribution in [-0.2, 0) is 9.53 Å². The van der Waals surface area contributed by atoms with Crippen molar-refractivity contribution in [3.05, 3.63) is 35.9 Å². The number of ether oxygens (including phenoxy) is 1. The molecule has 1 heterocycles. The molecule has 2 rings (SSSR count). The zero-order chi connectivity index (χ0) is 15.9. The molecule has 1 saturated heterocycles. The van der Waals surface area contributed by atoms with Gasteiger partial charge in [-0.05, 0) is 45.2 Å². The van der Waals surface area contributed by atoms with E-state index >= 15 is 0 Å². The van der Waals surface area contributed by atoms with Crippen molar-refractivity contribution in [2.75, 3.05) is 13.2 Å². The highest BCUT2D eigenvalue weighted by molar-refractivity contribution is 5.73. The lowest BCUT2D eigenvalue weighted by Crippen LogP contribution is -2.41. The third-order valence-corrected chi connectivity index (χ3v) is 4.78. The third kappa shape index (κ3) is 3.89. The highest BCUT2D eigenvalue weighted by atomic mass is 16.5. The first-order valence-corrected chi connectivity index (χ1v) is 8.66. The van der Waals surface area contributed by atoms with Gasteiger partial charge in [-0.25, -0.2) is 0 Å². The summed E-state index contributed by atoms with van der Waals surface area (Å²) >= 11 is 0. The lowest BCUT2D eigenvalue weighted by molar-refractivity contribution is -0.150. The molecule has 1 aromatic carbocycles. The summed E-state index contributed by atoms with van der Waals surface area (Å²) in [7, 11) is 0. The van der Waals surface area contributed by atoms with Crippen molar-refractivity contribution in [1.82, 2.24) is 4.90 Å². The molecule has 3 nitrogen and oxygen atoms in total. The molecule has 0 saturated carbocycles. The SMILES string of the molecule is CCC[C@H](C(=O)OCC)[C@H]1CCCN1[C@@H](C)c1ccccc1. The van der Waals surface area contributed by atoms with E-state index in [0.29, 0.717) is 18.7 Å². The molecule has 0 radical (unpaired) electrons. The minimum Gasteiger partial charge on any atom is -0.466 e. The van der Waals surface area contributed by atoms with E-state index in [1.54, 1.807) is 0 Å². The van der Waals surface area contributed by atoms with Gasteiger partial charge < -0.3 is 4.74 Å². The minimum absolute atomic E-state index is 0.0125. The van der Waals surface area contributed by atoms with E-state index < -0.39 is 0 Å². The highest BCUT2D eigenvalue weighted by Crippen LogP contribution is 2.34. The molecule has 0 aliphatic carbocycles. The molecule has 22 heavy (non-hydrogen) atoms. The van der Waals surface area contributed by atoms with Crippen LogP contribution in [0.1, 0.15) is 58.1 Å². The smallest absolute Gasteiger partial charge is 0.310 e. The van der Waals surface area contributed by atoms with Gasteiger partial charge in [0, 0.05) is 12.1 Å². The second-order valence-electron chi connectivity index (χ2n) is 6.18. The Morgan fingerprint density at radius 2 is 2.05 bits per heavy atom. The van der Waals surface area contributed by atoms with Gasteiger partial charge in [-0.3, -0.25) is 9.69 Å². The van der Waals surface area contributed by atoms with Crippen LogP contribution < -0.4 is 0 Å². The predicted molar refractivity (Wildman–Crippen MR) is 89.6 cm³/mol. The molecule has 1 aliphatic rings. The maximum atomic E-state index is 12.4. The van der Waals surface area contributed by atoms with Crippen LogP contribution in [0.4, 0.5) is 0 Å². The molecule has 0 spiro atoms. The molecular formula is C19H29NO2. The number of esters is 1.